The molecule has 2 rings (SSSR count). The number of nitrogens with one attached hydrogen (secondary N) is 1. The van der Waals surface area contributed by atoms with E-state index in [0.29, 0.717) is 19.6 Å². The number of hydrogen-bond acceptors (Lipinski definition) is 3. The van der Waals surface area contributed by atoms with E-state index < -0.39 is 11.5 Å². The van der Waals surface area contributed by atoms with Crippen LogP contribution in [0.2, 0.25) is 0 Å². The summed E-state index contributed by atoms with van der Waals surface area (Å²) < 4.78 is 5.28. The van der Waals surface area contributed by atoms with Crippen LogP contribution in [-0.4, -0.2) is 36.4 Å². The van der Waals surface area contributed by atoms with Crippen LogP contribution in [0, 0.1) is 0 Å². The minimum atomic E-state index is -0.973. The quantitative estimate of drug-likeness (QED) is 0.787. The zero-order chi connectivity index (χ0) is 11.4. The number of hydrogen-bond donors (Lipinski definition) is 2. The van der Waals surface area contributed by atoms with Crippen LogP contribution in [-0.2, 0) is 16.0 Å². The third-order valence-electron chi connectivity index (χ3n) is 2.82. The molecular formula is C12H15NO3. The van der Waals surface area contributed by atoms with Gasteiger partial charge in [0.25, 0.3) is 0 Å². The van der Waals surface area contributed by atoms with Crippen molar-refractivity contribution in [3.8, 4) is 0 Å². The maximum absolute atomic E-state index is 11.3. The highest BCUT2D eigenvalue weighted by Gasteiger charge is 2.40. The van der Waals surface area contributed by atoms with Crippen molar-refractivity contribution in [1.29, 1.82) is 0 Å². The molecule has 1 aliphatic rings. The van der Waals surface area contributed by atoms with E-state index in [-0.39, 0.29) is 6.61 Å². The van der Waals surface area contributed by atoms with Crippen LogP contribution in [0.5, 0.6) is 0 Å². The lowest BCUT2D eigenvalue weighted by Gasteiger charge is -2.34. The summed E-state index contributed by atoms with van der Waals surface area (Å²) in [5.74, 6) is -0.851. The molecular weight excluding hydrogens is 206 g/mol. The molecule has 0 aromatic heterocycles. The molecule has 4 heteroatoms. The SMILES string of the molecule is O=C(O)C1(Cc2ccccc2)COCCN1. The maximum Gasteiger partial charge on any atom is 0.326 e. The fourth-order valence-electron chi connectivity index (χ4n) is 1.93. The number of carboxylic acid groups (broad SMARTS) is 1. The summed E-state index contributed by atoms with van der Waals surface area (Å²) in [4.78, 5) is 11.3. The zero-order valence-electron chi connectivity index (χ0n) is 8.98. The van der Waals surface area contributed by atoms with Gasteiger partial charge in [-0.15, -0.1) is 0 Å². The fraction of sp³-hybridized carbons (Fsp3) is 0.417. The Morgan fingerprint density at radius 2 is 2.19 bits per heavy atom. The summed E-state index contributed by atoms with van der Waals surface area (Å²) in [5.41, 5.74) is 0.0301. The first-order valence-corrected chi connectivity index (χ1v) is 5.33. The van der Waals surface area contributed by atoms with Crippen LogP contribution in [0.25, 0.3) is 0 Å². The Kier molecular flexibility index (Phi) is 3.22. The van der Waals surface area contributed by atoms with Crippen molar-refractivity contribution in [1.82, 2.24) is 5.32 Å². The van der Waals surface area contributed by atoms with Gasteiger partial charge in [0, 0.05) is 13.0 Å². The van der Waals surface area contributed by atoms with E-state index in [2.05, 4.69) is 5.32 Å². The maximum atomic E-state index is 11.3. The molecule has 0 saturated carbocycles. The predicted molar refractivity (Wildman–Crippen MR) is 59.3 cm³/mol. The van der Waals surface area contributed by atoms with E-state index in [0.717, 1.165) is 5.56 Å². The highest BCUT2D eigenvalue weighted by Crippen LogP contribution is 2.17. The van der Waals surface area contributed by atoms with E-state index >= 15 is 0 Å². The summed E-state index contributed by atoms with van der Waals surface area (Å²) in [6, 6.07) is 9.60. The molecule has 1 aromatic carbocycles. The first kappa shape index (κ1) is 11.1. The largest absolute Gasteiger partial charge is 0.480 e. The van der Waals surface area contributed by atoms with Crippen molar-refractivity contribution in [3.05, 3.63) is 35.9 Å². The van der Waals surface area contributed by atoms with Crippen LogP contribution in [0.4, 0.5) is 0 Å². The van der Waals surface area contributed by atoms with Gasteiger partial charge in [-0.25, -0.2) is 0 Å². The van der Waals surface area contributed by atoms with Crippen molar-refractivity contribution in [2.75, 3.05) is 19.8 Å². The van der Waals surface area contributed by atoms with Gasteiger partial charge < -0.3 is 9.84 Å². The first-order valence-electron chi connectivity index (χ1n) is 5.33. The second-order valence-electron chi connectivity index (χ2n) is 4.03. The molecule has 2 N–H and O–H groups in total. The Balaban J connectivity index is 2.17. The molecule has 1 saturated heterocycles. The third kappa shape index (κ3) is 2.23. The molecule has 1 aromatic rings. The molecule has 86 valence electrons. The summed E-state index contributed by atoms with van der Waals surface area (Å²) in [6.45, 7) is 1.38. The van der Waals surface area contributed by atoms with Crippen LogP contribution in [0.1, 0.15) is 5.56 Å². The summed E-state index contributed by atoms with van der Waals surface area (Å²) in [7, 11) is 0. The molecule has 16 heavy (non-hydrogen) atoms. The number of morpholine rings is 1. The third-order valence-corrected chi connectivity index (χ3v) is 2.82. The van der Waals surface area contributed by atoms with Gasteiger partial charge in [-0.3, -0.25) is 10.1 Å². The standard InChI is InChI=1S/C12H15NO3/c14-11(15)12(9-16-7-6-13-12)8-10-4-2-1-3-5-10/h1-5,13H,6-9H2,(H,14,15). The number of carbonyl (C=O) groups is 1. The molecule has 0 bridgehead atoms. The number of benzene rings is 1. The summed E-state index contributed by atoms with van der Waals surface area (Å²) >= 11 is 0. The second-order valence-corrected chi connectivity index (χ2v) is 4.03. The van der Waals surface area contributed by atoms with Gasteiger partial charge in [-0.1, -0.05) is 30.3 Å². The molecule has 1 atom stereocenters. The first-order chi connectivity index (χ1) is 7.73. The molecule has 0 amide bonds. The van der Waals surface area contributed by atoms with Crippen molar-refractivity contribution >= 4 is 5.97 Å². The van der Waals surface area contributed by atoms with Gasteiger partial charge in [0.15, 0.2) is 0 Å². The minimum Gasteiger partial charge on any atom is -0.480 e. The Labute approximate surface area is 94.2 Å². The smallest absolute Gasteiger partial charge is 0.326 e. The average Bonchev–Trinajstić information content (AvgIpc) is 2.31. The molecule has 0 spiro atoms. The molecule has 1 aliphatic heterocycles. The lowest BCUT2D eigenvalue weighted by molar-refractivity contribution is -0.150. The van der Waals surface area contributed by atoms with E-state index in [9.17, 15) is 9.90 Å². The highest BCUT2D eigenvalue weighted by atomic mass is 16.5. The summed E-state index contributed by atoms with van der Waals surface area (Å²) in [6.07, 6.45) is 0.448. The molecule has 1 heterocycles. The molecule has 0 radical (unpaired) electrons. The van der Waals surface area contributed by atoms with E-state index in [4.69, 9.17) is 4.74 Å². The Hall–Kier alpha value is -1.39. The fourth-order valence-corrected chi connectivity index (χ4v) is 1.93. The van der Waals surface area contributed by atoms with Crippen LogP contribution in [0.3, 0.4) is 0 Å². The lowest BCUT2D eigenvalue weighted by Crippen LogP contribution is -2.61. The van der Waals surface area contributed by atoms with Gasteiger partial charge in [-0.2, -0.15) is 0 Å². The van der Waals surface area contributed by atoms with Crippen molar-refractivity contribution in [2.45, 2.75) is 12.0 Å². The van der Waals surface area contributed by atoms with Gasteiger partial charge in [-0.05, 0) is 5.56 Å². The van der Waals surface area contributed by atoms with Crippen LogP contribution in [0.15, 0.2) is 30.3 Å². The van der Waals surface area contributed by atoms with Crippen molar-refractivity contribution in [3.63, 3.8) is 0 Å². The van der Waals surface area contributed by atoms with Crippen LogP contribution >= 0.6 is 0 Å². The number of rotatable bonds is 3. The van der Waals surface area contributed by atoms with Gasteiger partial charge >= 0.3 is 5.97 Å². The minimum absolute atomic E-state index is 0.219. The number of carboxylic acids is 1. The Morgan fingerprint density at radius 1 is 1.44 bits per heavy atom. The predicted octanol–water partition coefficient (Wildman–Crippen LogP) is 0.672. The Morgan fingerprint density at radius 3 is 2.75 bits per heavy atom. The van der Waals surface area contributed by atoms with Crippen LogP contribution < -0.4 is 5.32 Å². The van der Waals surface area contributed by atoms with Crippen molar-refractivity contribution < 1.29 is 14.6 Å². The second kappa shape index (κ2) is 4.63. The lowest BCUT2D eigenvalue weighted by atomic mass is 9.91. The molecule has 1 fully saturated rings. The number of ether oxygens (including phenoxy) is 1. The highest BCUT2D eigenvalue weighted by molar-refractivity contribution is 5.79. The zero-order valence-corrected chi connectivity index (χ0v) is 8.98. The average molecular weight is 221 g/mol. The van der Waals surface area contributed by atoms with Gasteiger partial charge in [0.2, 0.25) is 0 Å². The van der Waals surface area contributed by atoms with E-state index in [1.807, 2.05) is 30.3 Å². The Bertz CT molecular complexity index is 358. The summed E-state index contributed by atoms with van der Waals surface area (Å²) in [5, 5.41) is 12.4. The molecule has 1 unspecified atom stereocenters. The van der Waals surface area contributed by atoms with E-state index in [1.165, 1.54) is 0 Å². The molecule has 4 nitrogen and oxygen atoms in total. The molecule has 0 aliphatic carbocycles. The van der Waals surface area contributed by atoms with Crippen molar-refractivity contribution in [2.24, 2.45) is 0 Å². The van der Waals surface area contributed by atoms with Gasteiger partial charge in [0.05, 0.1) is 13.2 Å². The normalized spacial score (nSPS) is 25.2. The topological polar surface area (TPSA) is 58.6 Å². The van der Waals surface area contributed by atoms with E-state index in [1.54, 1.807) is 0 Å². The van der Waals surface area contributed by atoms with Gasteiger partial charge in [0.1, 0.15) is 5.54 Å². The monoisotopic (exact) mass is 221 g/mol. The number of aliphatic carboxylic acids is 1.